The van der Waals surface area contributed by atoms with Crippen LogP contribution in [-0.2, 0) is 6.54 Å². The van der Waals surface area contributed by atoms with Crippen molar-refractivity contribution in [3.05, 3.63) is 68.7 Å². The third kappa shape index (κ3) is 4.09. The van der Waals surface area contributed by atoms with Crippen LogP contribution in [0.5, 0.6) is 0 Å². The summed E-state index contributed by atoms with van der Waals surface area (Å²) in [6.45, 7) is 2.01. The van der Waals surface area contributed by atoms with Gasteiger partial charge in [0.15, 0.2) is 0 Å². The van der Waals surface area contributed by atoms with Crippen LogP contribution in [0.1, 0.15) is 28.8 Å². The van der Waals surface area contributed by atoms with Gasteiger partial charge in [-0.1, -0.05) is 23.7 Å². The fourth-order valence-electron chi connectivity index (χ4n) is 2.98. The van der Waals surface area contributed by atoms with Crippen LogP contribution in [0.4, 0.5) is 11.4 Å². The lowest BCUT2D eigenvalue weighted by molar-refractivity contribution is -0.384. The number of anilines is 1. The molecule has 3 rings (SSSR count). The molecule has 1 heterocycles. The fraction of sp³-hybridized carbons (Fsp3) is 0.278. The quantitative estimate of drug-likeness (QED) is 0.651. The van der Waals surface area contributed by atoms with Crippen molar-refractivity contribution < 1.29 is 9.72 Å². The zero-order chi connectivity index (χ0) is 17.8. The molecule has 1 amide bonds. The molecule has 1 fully saturated rings. The van der Waals surface area contributed by atoms with Crippen molar-refractivity contribution in [2.75, 3.05) is 18.0 Å². The van der Waals surface area contributed by atoms with E-state index in [0.29, 0.717) is 17.1 Å². The molecule has 130 valence electrons. The number of hydrogen-bond donors (Lipinski definition) is 1. The molecule has 7 heteroatoms. The Bertz CT molecular complexity index is 804. The second-order valence-corrected chi connectivity index (χ2v) is 6.40. The molecular formula is C18H18ClN3O3. The van der Waals surface area contributed by atoms with Gasteiger partial charge in [-0.15, -0.1) is 0 Å². The molecule has 0 saturated carbocycles. The first kappa shape index (κ1) is 17.2. The van der Waals surface area contributed by atoms with E-state index >= 15 is 0 Å². The molecule has 0 bridgehead atoms. The van der Waals surface area contributed by atoms with Crippen LogP contribution in [0.25, 0.3) is 0 Å². The maximum Gasteiger partial charge on any atom is 0.270 e. The topological polar surface area (TPSA) is 75.5 Å². The molecule has 1 aliphatic heterocycles. The summed E-state index contributed by atoms with van der Waals surface area (Å²) in [5, 5.41) is 14.5. The molecule has 0 radical (unpaired) electrons. The fourth-order valence-corrected chi connectivity index (χ4v) is 3.19. The van der Waals surface area contributed by atoms with Crippen LogP contribution in [0, 0.1) is 10.1 Å². The van der Waals surface area contributed by atoms with E-state index in [2.05, 4.69) is 10.2 Å². The van der Waals surface area contributed by atoms with Gasteiger partial charge in [0.25, 0.3) is 11.6 Å². The first-order valence-electron chi connectivity index (χ1n) is 8.10. The lowest BCUT2D eigenvalue weighted by Crippen LogP contribution is -2.27. The van der Waals surface area contributed by atoms with Crippen LogP contribution >= 0.6 is 11.6 Å². The van der Waals surface area contributed by atoms with E-state index in [4.69, 9.17) is 11.6 Å². The maximum absolute atomic E-state index is 12.7. The van der Waals surface area contributed by atoms with E-state index in [-0.39, 0.29) is 11.6 Å². The largest absolute Gasteiger partial charge is 0.371 e. The minimum atomic E-state index is -0.485. The summed E-state index contributed by atoms with van der Waals surface area (Å²) < 4.78 is 0. The van der Waals surface area contributed by atoms with Gasteiger partial charge in [0.05, 0.1) is 16.2 Å². The number of amides is 1. The van der Waals surface area contributed by atoms with Crippen LogP contribution in [-0.4, -0.2) is 23.9 Å². The standard InChI is InChI=1S/C18H18ClN3O3/c19-14-5-3-4-13(10-14)12-20-18(23)16-11-15(22(24)25)6-7-17(16)21-8-1-2-9-21/h3-7,10-11H,1-2,8-9,12H2,(H,20,23). The molecular weight excluding hydrogens is 342 g/mol. The van der Waals surface area contributed by atoms with Crippen molar-refractivity contribution >= 4 is 28.9 Å². The number of hydrogen-bond acceptors (Lipinski definition) is 4. The molecule has 0 unspecified atom stereocenters. The van der Waals surface area contributed by atoms with E-state index in [0.717, 1.165) is 37.2 Å². The van der Waals surface area contributed by atoms with Gasteiger partial charge >= 0.3 is 0 Å². The van der Waals surface area contributed by atoms with E-state index in [1.165, 1.54) is 12.1 Å². The van der Waals surface area contributed by atoms with Crippen LogP contribution in [0.2, 0.25) is 5.02 Å². The summed E-state index contributed by atoms with van der Waals surface area (Å²) in [6, 6.07) is 11.7. The van der Waals surface area contributed by atoms with Crippen LogP contribution in [0.15, 0.2) is 42.5 Å². The highest BCUT2D eigenvalue weighted by Gasteiger charge is 2.22. The molecule has 0 aliphatic carbocycles. The summed E-state index contributed by atoms with van der Waals surface area (Å²) in [7, 11) is 0. The summed E-state index contributed by atoms with van der Waals surface area (Å²) >= 11 is 5.95. The Labute approximate surface area is 150 Å². The van der Waals surface area contributed by atoms with Crippen molar-refractivity contribution in [1.82, 2.24) is 5.32 Å². The van der Waals surface area contributed by atoms with Crippen LogP contribution < -0.4 is 10.2 Å². The first-order chi connectivity index (χ1) is 12.0. The average Bonchev–Trinajstić information content (AvgIpc) is 3.13. The van der Waals surface area contributed by atoms with Gasteiger partial charge in [-0.05, 0) is 36.6 Å². The minimum absolute atomic E-state index is 0.0872. The number of benzene rings is 2. The van der Waals surface area contributed by atoms with Gasteiger partial charge in [0.1, 0.15) is 0 Å². The Hall–Kier alpha value is -2.60. The van der Waals surface area contributed by atoms with Crippen molar-refractivity contribution in [1.29, 1.82) is 0 Å². The molecule has 6 nitrogen and oxygen atoms in total. The summed E-state index contributed by atoms with van der Waals surface area (Å²) in [4.78, 5) is 25.3. The lowest BCUT2D eigenvalue weighted by atomic mass is 10.1. The van der Waals surface area contributed by atoms with E-state index in [1.807, 2.05) is 12.1 Å². The number of nitro groups is 1. The third-order valence-corrected chi connectivity index (χ3v) is 4.46. The lowest BCUT2D eigenvalue weighted by Gasteiger charge is -2.21. The zero-order valence-corrected chi connectivity index (χ0v) is 14.3. The molecule has 25 heavy (non-hydrogen) atoms. The molecule has 2 aromatic carbocycles. The number of rotatable bonds is 5. The summed E-state index contributed by atoms with van der Waals surface area (Å²) in [5.74, 6) is -0.328. The van der Waals surface area contributed by atoms with Crippen molar-refractivity contribution in [3.63, 3.8) is 0 Å². The predicted molar refractivity (Wildman–Crippen MR) is 97.2 cm³/mol. The van der Waals surface area contributed by atoms with Crippen molar-refractivity contribution in [2.24, 2.45) is 0 Å². The van der Waals surface area contributed by atoms with E-state index in [9.17, 15) is 14.9 Å². The van der Waals surface area contributed by atoms with E-state index in [1.54, 1.807) is 18.2 Å². The number of halogens is 1. The maximum atomic E-state index is 12.7. The molecule has 1 N–H and O–H groups in total. The number of nitrogens with zero attached hydrogens (tertiary/aromatic N) is 2. The second kappa shape index (κ2) is 7.53. The molecule has 0 aromatic heterocycles. The van der Waals surface area contributed by atoms with Gasteiger partial charge in [0.2, 0.25) is 0 Å². The van der Waals surface area contributed by atoms with Gasteiger partial charge in [-0.2, -0.15) is 0 Å². The highest BCUT2D eigenvalue weighted by atomic mass is 35.5. The third-order valence-electron chi connectivity index (χ3n) is 4.22. The molecule has 0 spiro atoms. The van der Waals surface area contributed by atoms with Gasteiger partial charge in [-0.25, -0.2) is 0 Å². The Morgan fingerprint density at radius 3 is 2.64 bits per heavy atom. The second-order valence-electron chi connectivity index (χ2n) is 5.97. The zero-order valence-electron chi connectivity index (χ0n) is 13.6. The monoisotopic (exact) mass is 359 g/mol. The number of carbonyl (C=O) groups excluding carboxylic acids is 1. The molecule has 1 aliphatic rings. The number of nitrogens with one attached hydrogen (secondary N) is 1. The molecule has 2 aromatic rings. The average molecular weight is 360 g/mol. The van der Waals surface area contributed by atoms with Crippen molar-refractivity contribution in [2.45, 2.75) is 19.4 Å². The van der Waals surface area contributed by atoms with Gasteiger partial charge in [-0.3, -0.25) is 14.9 Å². The van der Waals surface area contributed by atoms with Gasteiger partial charge < -0.3 is 10.2 Å². The number of non-ortho nitro benzene ring substituents is 1. The minimum Gasteiger partial charge on any atom is -0.371 e. The highest BCUT2D eigenvalue weighted by Crippen LogP contribution is 2.28. The smallest absolute Gasteiger partial charge is 0.270 e. The summed E-state index contributed by atoms with van der Waals surface area (Å²) in [6.07, 6.45) is 2.11. The Kier molecular flexibility index (Phi) is 5.19. The SMILES string of the molecule is O=C(NCc1cccc(Cl)c1)c1cc([N+](=O)[O-])ccc1N1CCCC1. The highest BCUT2D eigenvalue weighted by molar-refractivity contribution is 6.30. The van der Waals surface area contributed by atoms with Crippen molar-refractivity contribution in [3.8, 4) is 0 Å². The summed E-state index contributed by atoms with van der Waals surface area (Å²) in [5.41, 5.74) is 1.86. The normalized spacial score (nSPS) is 13.7. The van der Waals surface area contributed by atoms with Crippen LogP contribution in [0.3, 0.4) is 0 Å². The molecule has 0 atom stereocenters. The Morgan fingerprint density at radius 1 is 1.20 bits per heavy atom. The van der Waals surface area contributed by atoms with E-state index < -0.39 is 4.92 Å². The first-order valence-corrected chi connectivity index (χ1v) is 8.48. The Balaban J connectivity index is 1.83. The Morgan fingerprint density at radius 2 is 1.96 bits per heavy atom. The van der Waals surface area contributed by atoms with Gasteiger partial charge in [0, 0.05) is 36.8 Å². The number of carbonyl (C=O) groups is 1. The predicted octanol–water partition coefficient (Wildman–Crippen LogP) is 3.78. The number of nitro benzene ring substituents is 1. The molecule has 1 saturated heterocycles.